The number of benzene rings is 3. The van der Waals surface area contributed by atoms with Crippen LogP contribution in [0, 0.1) is 12.7 Å². The Hall–Kier alpha value is -3.73. The number of hydrogen-bond acceptors (Lipinski definition) is 2. The molecule has 4 rings (SSSR count). The van der Waals surface area contributed by atoms with Crippen LogP contribution in [0.3, 0.4) is 0 Å². The summed E-state index contributed by atoms with van der Waals surface area (Å²) in [4.78, 5) is 13.0. The van der Waals surface area contributed by atoms with E-state index < -0.39 is 11.7 Å². The molecular formula is C23H18FN3O. The number of rotatable bonds is 4. The predicted octanol–water partition coefficient (Wildman–Crippen LogP) is 5.24. The van der Waals surface area contributed by atoms with E-state index in [2.05, 4.69) is 10.4 Å². The Labute approximate surface area is 162 Å². The second-order valence-electron chi connectivity index (χ2n) is 6.42. The van der Waals surface area contributed by atoms with E-state index >= 15 is 0 Å². The van der Waals surface area contributed by atoms with Crippen molar-refractivity contribution >= 4 is 11.6 Å². The largest absolute Gasteiger partial charge is 0.319 e. The number of para-hydroxylation sites is 2. The van der Waals surface area contributed by atoms with Crippen LogP contribution < -0.4 is 5.32 Å². The lowest BCUT2D eigenvalue weighted by Crippen LogP contribution is -2.13. The Kier molecular flexibility index (Phi) is 4.72. The van der Waals surface area contributed by atoms with Gasteiger partial charge in [-0.05, 0) is 36.8 Å². The smallest absolute Gasteiger partial charge is 0.259 e. The number of anilines is 1. The van der Waals surface area contributed by atoms with Crippen LogP contribution in [0.5, 0.6) is 0 Å². The van der Waals surface area contributed by atoms with Gasteiger partial charge in [0.2, 0.25) is 0 Å². The van der Waals surface area contributed by atoms with Crippen molar-refractivity contribution in [3.05, 3.63) is 102 Å². The van der Waals surface area contributed by atoms with Gasteiger partial charge < -0.3 is 5.32 Å². The lowest BCUT2D eigenvalue weighted by molar-refractivity contribution is 0.102. The second kappa shape index (κ2) is 7.48. The van der Waals surface area contributed by atoms with E-state index in [1.807, 2.05) is 61.5 Å². The number of carbonyl (C=O) groups excluding carboxylic acids is 1. The van der Waals surface area contributed by atoms with Crippen molar-refractivity contribution in [2.45, 2.75) is 6.92 Å². The summed E-state index contributed by atoms with van der Waals surface area (Å²) in [5.74, 6) is -0.894. The minimum atomic E-state index is -0.483. The topological polar surface area (TPSA) is 46.9 Å². The lowest BCUT2D eigenvalue weighted by Gasteiger charge is -2.07. The Morgan fingerprint density at radius 1 is 0.929 bits per heavy atom. The predicted molar refractivity (Wildman–Crippen MR) is 108 cm³/mol. The summed E-state index contributed by atoms with van der Waals surface area (Å²) >= 11 is 0. The van der Waals surface area contributed by atoms with Crippen molar-refractivity contribution in [1.29, 1.82) is 0 Å². The van der Waals surface area contributed by atoms with E-state index in [1.165, 1.54) is 12.1 Å². The highest BCUT2D eigenvalue weighted by Crippen LogP contribution is 2.27. The zero-order valence-electron chi connectivity index (χ0n) is 15.3. The van der Waals surface area contributed by atoms with E-state index in [0.29, 0.717) is 11.3 Å². The van der Waals surface area contributed by atoms with Gasteiger partial charge >= 0.3 is 0 Å². The maximum absolute atomic E-state index is 14.0. The highest BCUT2D eigenvalue weighted by molar-refractivity contribution is 6.08. The Balaban J connectivity index is 1.81. The van der Waals surface area contributed by atoms with Crippen molar-refractivity contribution in [1.82, 2.24) is 9.78 Å². The molecule has 5 heteroatoms. The summed E-state index contributed by atoms with van der Waals surface area (Å²) < 4.78 is 15.7. The first kappa shape index (κ1) is 17.7. The summed E-state index contributed by atoms with van der Waals surface area (Å²) in [5.41, 5.74) is 3.76. The monoisotopic (exact) mass is 371 g/mol. The molecule has 1 aromatic heterocycles. The van der Waals surface area contributed by atoms with Crippen LogP contribution in [0.1, 0.15) is 15.9 Å². The zero-order valence-corrected chi connectivity index (χ0v) is 15.3. The fourth-order valence-corrected chi connectivity index (χ4v) is 3.04. The number of aryl methyl sites for hydroxylation is 1. The molecule has 0 aliphatic carbocycles. The molecule has 0 bridgehead atoms. The fraction of sp³-hybridized carbons (Fsp3) is 0.0435. The van der Waals surface area contributed by atoms with Gasteiger partial charge in [-0.15, -0.1) is 0 Å². The van der Waals surface area contributed by atoms with Gasteiger partial charge in [0.1, 0.15) is 11.5 Å². The molecule has 0 radical (unpaired) electrons. The van der Waals surface area contributed by atoms with Gasteiger partial charge in [-0.1, -0.05) is 54.6 Å². The Morgan fingerprint density at radius 3 is 2.36 bits per heavy atom. The number of aromatic nitrogens is 2. The molecule has 0 aliphatic rings. The molecule has 0 aliphatic heterocycles. The zero-order chi connectivity index (χ0) is 19.5. The van der Waals surface area contributed by atoms with Crippen LogP contribution in [0.15, 0.2) is 85.1 Å². The van der Waals surface area contributed by atoms with Crippen LogP contribution in [-0.4, -0.2) is 15.7 Å². The summed E-state index contributed by atoms with van der Waals surface area (Å²) in [6.45, 7) is 1.97. The van der Waals surface area contributed by atoms with Crippen LogP contribution in [0.25, 0.3) is 16.9 Å². The molecule has 3 aromatic carbocycles. The Morgan fingerprint density at radius 2 is 1.61 bits per heavy atom. The molecule has 0 atom stereocenters. The van der Waals surface area contributed by atoms with Crippen LogP contribution in [0.2, 0.25) is 0 Å². The summed E-state index contributed by atoms with van der Waals surface area (Å²) in [6, 6.07) is 23.4. The van der Waals surface area contributed by atoms with Gasteiger partial charge in [0.25, 0.3) is 5.91 Å². The quantitative estimate of drug-likeness (QED) is 0.533. The number of amides is 1. The highest BCUT2D eigenvalue weighted by Gasteiger charge is 2.20. The van der Waals surface area contributed by atoms with Crippen molar-refractivity contribution in [3.8, 4) is 16.9 Å². The lowest BCUT2D eigenvalue weighted by atomic mass is 10.0. The van der Waals surface area contributed by atoms with Crippen molar-refractivity contribution < 1.29 is 9.18 Å². The number of carbonyl (C=O) groups is 1. The van der Waals surface area contributed by atoms with Crippen LogP contribution in [-0.2, 0) is 0 Å². The van der Waals surface area contributed by atoms with Crippen LogP contribution >= 0.6 is 0 Å². The van der Waals surface area contributed by atoms with Gasteiger partial charge in [-0.3, -0.25) is 4.79 Å². The minimum Gasteiger partial charge on any atom is -0.319 e. The summed E-state index contributed by atoms with van der Waals surface area (Å²) in [6.07, 6.45) is 1.67. The molecule has 138 valence electrons. The minimum absolute atomic E-state index is 0.135. The first-order chi connectivity index (χ1) is 13.6. The third kappa shape index (κ3) is 3.42. The standard InChI is InChI=1S/C23H18FN3O/c1-16-9-5-6-12-18(16)22-19(15-27(26-22)17-10-3-2-4-11-17)23(28)25-21-14-8-7-13-20(21)24/h2-15H,1H3,(H,25,28). The molecule has 1 heterocycles. The highest BCUT2D eigenvalue weighted by atomic mass is 19.1. The SMILES string of the molecule is Cc1ccccc1-c1nn(-c2ccccc2)cc1C(=O)Nc1ccccc1F. The van der Waals surface area contributed by atoms with Gasteiger partial charge in [-0.2, -0.15) is 5.10 Å². The molecule has 0 saturated heterocycles. The third-order valence-electron chi connectivity index (χ3n) is 4.50. The van der Waals surface area contributed by atoms with Gasteiger partial charge in [-0.25, -0.2) is 9.07 Å². The van der Waals surface area contributed by atoms with E-state index in [9.17, 15) is 9.18 Å². The van der Waals surface area contributed by atoms with E-state index in [1.54, 1.807) is 23.0 Å². The molecule has 0 saturated carbocycles. The van der Waals surface area contributed by atoms with E-state index in [-0.39, 0.29) is 5.69 Å². The first-order valence-electron chi connectivity index (χ1n) is 8.90. The van der Waals surface area contributed by atoms with Gasteiger partial charge in [0.15, 0.2) is 0 Å². The fourth-order valence-electron chi connectivity index (χ4n) is 3.04. The van der Waals surface area contributed by atoms with E-state index in [4.69, 9.17) is 0 Å². The second-order valence-corrected chi connectivity index (χ2v) is 6.42. The molecule has 1 amide bonds. The third-order valence-corrected chi connectivity index (χ3v) is 4.50. The molecule has 0 fully saturated rings. The number of hydrogen-bond donors (Lipinski definition) is 1. The molecule has 1 N–H and O–H groups in total. The Bertz CT molecular complexity index is 1140. The first-order valence-corrected chi connectivity index (χ1v) is 8.90. The van der Waals surface area contributed by atoms with Gasteiger partial charge in [0, 0.05) is 11.8 Å². The van der Waals surface area contributed by atoms with Crippen molar-refractivity contribution in [2.24, 2.45) is 0 Å². The number of nitrogens with zero attached hydrogens (tertiary/aromatic N) is 2. The summed E-state index contributed by atoms with van der Waals surface area (Å²) in [7, 11) is 0. The molecule has 28 heavy (non-hydrogen) atoms. The van der Waals surface area contributed by atoms with E-state index in [0.717, 1.165) is 16.8 Å². The molecule has 0 spiro atoms. The average Bonchev–Trinajstić information content (AvgIpc) is 3.16. The summed E-state index contributed by atoms with van der Waals surface area (Å²) in [5, 5.41) is 7.31. The maximum atomic E-state index is 14.0. The molecule has 4 aromatic rings. The van der Waals surface area contributed by atoms with Crippen molar-refractivity contribution in [2.75, 3.05) is 5.32 Å². The van der Waals surface area contributed by atoms with Crippen LogP contribution in [0.4, 0.5) is 10.1 Å². The molecule has 4 nitrogen and oxygen atoms in total. The maximum Gasteiger partial charge on any atom is 0.259 e. The molecule has 0 unspecified atom stereocenters. The van der Waals surface area contributed by atoms with Crippen molar-refractivity contribution in [3.63, 3.8) is 0 Å². The molecular weight excluding hydrogens is 353 g/mol. The number of nitrogens with one attached hydrogen (secondary N) is 1. The normalized spacial score (nSPS) is 10.6. The van der Waals surface area contributed by atoms with Gasteiger partial charge in [0.05, 0.1) is 16.9 Å². The number of halogens is 1. The average molecular weight is 371 g/mol.